The fourth-order valence-corrected chi connectivity index (χ4v) is 2.80. The zero-order valence-corrected chi connectivity index (χ0v) is 14.4. The van der Waals surface area contributed by atoms with E-state index in [0.717, 1.165) is 31.2 Å². The number of likely N-dealkylation sites (N-methyl/N-ethyl adjacent to an activating group) is 1. The van der Waals surface area contributed by atoms with Gasteiger partial charge in [-0.25, -0.2) is 0 Å². The summed E-state index contributed by atoms with van der Waals surface area (Å²) in [6, 6.07) is 6.18. The number of likely N-dealkylation sites (tertiary alicyclic amines) is 1. The van der Waals surface area contributed by atoms with Crippen LogP contribution in [0.3, 0.4) is 0 Å². The van der Waals surface area contributed by atoms with E-state index in [-0.39, 0.29) is 24.1 Å². The van der Waals surface area contributed by atoms with E-state index in [1.54, 1.807) is 24.1 Å². The summed E-state index contributed by atoms with van der Waals surface area (Å²) in [5.74, 6) is -0.0178. The van der Waals surface area contributed by atoms with Gasteiger partial charge in [0.15, 0.2) is 0 Å². The lowest BCUT2D eigenvalue weighted by Crippen LogP contribution is -2.42. The highest BCUT2D eigenvalue weighted by Crippen LogP contribution is 2.16. The van der Waals surface area contributed by atoms with Crippen LogP contribution < -0.4 is 4.74 Å². The van der Waals surface area contributed by atoms with Crippen molar-refractivity contribution in [3.8, 4) is 5.75 Å². The van der Waals surface area contributed by atoms with Gasteiger partial charge in [0.1, 0.15) is 5.75 Å². The zero-order chi connectivity index (χ0) is 18.2. The molecular weight excluding hydrogens is 330 g/mol. The van der Waals surface area contributed by atoms with Gasteiger partial charge in [0.05, 0.1) is 6.54 Å². The number of carbonyl (C=O) groups is 2. The molecule has 5 nitrogen and oxygen atoms in total. The average molecular weight is 354 g/mol. The van der Waals surface area contributed by atoms with Crippen LogP contribution >= 0.6 is 0 Å². The molecule has 138 valence electrons. The van der Waals surface area contributed by atoms with Crippen LogP contribution in [-0.4, -0.2) is 48.4 Å². The Labute approximate surface area is 146 Å². The van der Waals surface area contributed by atoms with Gasteiger partial charge in [-0.05, 0) is 30.5 Å². The summed E-state index contributed by atoms with van der Waals surface area (Å²) in [6.45, 7) is -1.80. The molecule has 0 atom stereocenters. The van der Waals surface area contributed by atoms with Crippen molar-refractivity contribution >= 4 is 11.8 Å². The summed E-state index contributed by atoms with van der Waals surface area (Å²) < 4.78 is 28.6. The first kappa shape index (κ1) is 19.1. The lowest BCUT2D eigenvalue weighted by molar-refractivity contribution is -0.140. The summed E-state index contributed by atoms with van der Waals surface area (Å²) in [6.07, 6.45) is 4.46. The minimum Gasteiger partial charge on any atom is -0.435 e. The molecule has 25 heavy (non-hydrogen) atoms. The second kappa shape index (κ2) is 9.34. The first-order valence-corrected chi connectivity index (χ1v) is 8.51. The molecule has 1 fully saturated rings. The topological polar surface area (TPSA) is 49.9 Å². The van der Waals surface area contributed by atoms with Crippen molar-refractivity contribution in [1.82, 2.24) is 9.80 Å². The van der Waals surface area contributed by atoms with E-state index in [9.17, 15) is 18.4 Å². The number of amides is 2. The number of ether oxygens (including phenoxy) is 1. The highest BCUT2D eigenvalue weighted by atomic mass is 19.3. The third-order valence-corrected chi connectivity index (χ3v) is 4.24. The van der Waals surface area contributed by atoms with Crippen LogP contribution in [0.4, 0.5) is 8.78 Å². The summed E-state index contributed by atoms with van der Waals surface area (Å²) in [7, 11) is 1.67. The third kappa shape index (κ3) is 6.32. The molecule has 1 aliphatic rings. The van der Waals surface area contributed by atoms with Crippen molar-refractivity contribution in [3.05, 3.63) is 29.8 Å². The SMILES string of the molecule is CN(Cc1ccc(OC(F)F)cc1)C(=O)CN1CCCCCCC1=O. The Bertz CT molecular complexity index is 578. The third-order valence-electron chi connectivity index (χ3n) is 4.24. The van der Waals surface area contributed by atoms with Crippen molar-refractivity contribution in [3.63, 3.8) is 0 Å². The van der Waals surface area contributed by atoms with Crippen LogP contribution in [-0.2, 0) is 16.1 Å². The van der Waals surface area contributed by atoms with Gasteiger partial charge in [-0.1, -0.05) is 25.0 Å². The number of hydrogen-bond acceptors (Lipinski definition) is 3. The van der Waals surface area contributed by atoms with E-state index in [2.05, 4.69) is 4.74 Å². The fourth-order valence-electron chi connectivity index (χ4n) is 2.80. The van der Waals surface area contributed by atoms with Gasteiger partial charge in [0.2, 0.25) is 11.8 Å². The highest BCUT2D eigenvalue weighted by molar-refractivity contribution is 5.84. The molecule has 1 saturated heterocycles. The Balaban J connectivity index is 1.87. The van der Waals surface area contributed by atoms with E-state index in [1.807, 2.05) is 0 Å². The van der Waals surface area contributed by atoms with Gasteiger partial charge in [0.25, 0.3) is 0 Å². The predicted molar refractivity (Wildman–Crippen MR) is 89.2 cm³/mol. The first-order chi connectivity index (χ1) is 12.0. The van der Waals surface area contributed by atoms with Crippen molar-refractivity contribution < 1.29 is 23.1 Å². The maximum atomic E-state index is 12.4. The predicted octanol–water partition coefficient (Wildman–Crippen LogP) is 3.04. The van der Waals surface area contributed by atoms with Crippen LogP contribution in [0.2, 0.25) is 0 Å². The van der Waals surface area contributed by atoms with Gasteiger partial charge in [0, 0.05) is 26.6 Å². The number of alkyl halides is 2. The second-order valence-electron chi connectivity index (χ2n) is 6.25. The summed E-state index contributed by atoms with van der Waals surface area (Å²) in [5, 5.41) is 0. The molecule has 0 spiro atoms. The minimum absolute atomic E-state index is 0.0370. The highest BCUT2D eigenvalue weighted by Gasteiger charge is 2.20. The van der Waals surface area contributed by atoms with Crippen molar-refractivity contribution in [2.75, 3.05) is 20.1 Å². The molecule has 0 N–H and O–H groups in total. The summed E-state index contributed by atoms with van der Waals surface area (Å²) in [5.41, 5.74) is 0.802. The lowest BCUT2D eigenvalue weighted by Gasteiger charge is -2.27. The fraction of sp³-hybridized carbons (Fsp3) is 0.556. The number of rotatable bonds is 6. The van der Waals surface area contributed by atoms with E-state index < -0.39 is 6.61 Å². The molecule has 0 aliphatic carbocycles. The number of hydrogen-bond donors (Lipinski definition) is 0. The van der Waals surface area contributed by atoms with Crippen molar-refractivity contribution in [2.24, 2.45) is 0 Å². The lowest BCUT2D eigenvalue weighted by atomic mass is 10.1. The zero-order valence-electron chi connectivity index (χ0n) is 14.4. The van der Waals surface area contributed by atoms with Gasteiger partial charge in [-0.15, -0.1) is 0 Å². The monoisotopic (exact) mass is 354 g/mol. The molecule has 1 heterocycles. The van der Waals surface area contributed by atoms with Crippen LogP contribution in [0.1, 0.15) is 37.7 Å². The van der Waals surface area contributed by atoms with Crippen molar-refractivity contribution in [2.45, 2.75) is 45.3 Å². The van der Waals surface area contributed by atoms with E-state index >= 15 is 0 Å². The van der Waals surface area contributed by atoms with Gasteiger partial charge in [-0.3, -0.25) is 9.59 Å². The average Bonchev–Trinajstić information content (AvgIpc) is 2.55. The molecule has 0 bridgehead atoms. The number of nitrogens with zero attached hydrogens (tertiary/aromatic N) is 2. The molecule has 0 unspecified atom stereocenters. The van der Waals surface area contributed by atoms with E-state index in [0.29, 0.717) is 19.5 Å². The van der Waals surface area contributed by atoms with E-state index in [1.165, 1.54) is 17.0 Å². The van der Waals surface area contributed by atoms with Crippen LogP contribution in [0.25, 0.3) is 0 Å². The molecular formula is C18H24F2N2O3. The van der Waals surface area contributed by atoms with Crippen LogP contribution in [0, 0.1) is 0 Å². The molecule has 2 amide bonds. The summed E-state index contributed by atoms with van der Waals surface area (Å²) in [4.78, 5) is 27.6. The minimum atomic E-state index is -2.86. The molecule has 0 aromatic heterocycles. The number of benzene rings is 1. The normalized spacial score (nSPS) is 15.7. The van der Waals surface area contributed by atoms with Gasteiger partial charge >= 0.3 is 6.61 Å². The Morgan fingerprint density at radius 2 is 1.88 bits per heavy atom. The molecule has 1 aromatic carbocycles. The first-order valence-electron chi connectivity index (χ1n) is 8.51. The van der Waals surface area contributed by atoms with Gasteiger partial charge in [-0.2, -0.15) is 8.78 Å². The van der Waals surface area contributed by atoms with Crippen LogP contribution in [0.5, 0.6) is 5.75 Å². The molecule has 0 saturated carbocycles. The van der Waals surface area contributed by atoms with Gasteiger partial charge < -0.3 is 14.5 Å². The number of carbonyl (C=O) groups excluding carboxylic acids is 2. The summed E-state index contributed by atoms with van der Waals surface area (Å²) >= 11 is 0. The maximum absolute atomic E-state index is 12.4. The van der Waals surface area contributed by atoms with Crippen molar-refractivity contribution in [1.29, 1.82) is 0 Å². The Kier molecular flexibility index (Phi) is 7.16. The van der Waals surface area contributed by atoms with E-state index in [4.69, 9.17) is 0 Å². The molecule has 1 aliphatic heterocycles. The molecule has 0 radical (unpaired) electrons. The molecule has 7 heteroatoms. The standard InChI is InChI=1S/C18H24F2N2O3/c1-21(12-14-7-9-15(10-8-14)25-18(19)20)17(24)13-22-11-5-3-2-4-6-16(22)23/h7-10,18H,2-6,11-13H2,1H3. The quantitative estimate of drug-likeness (QED) is 0.789. The molecule has 1 aromatic rings. The molecule has 2 rings (SSSR count). The Morgan fingerprint density at radius 1 is 1.20 bits per heavy atom. The number of halogens is 2. The smallest absolute Gasteiger partial charge is 0.387 e. The Hall–Kier alpha value is -2.18. The van der Waals surface area contributed by atoms with Crippen LogP contribution in [0.15, 0.2) is 24.3 Å². The maximum Gasteiger partial charge on any atom is 0.387 e. The largest absolute Gasteiger partial charge is 0.435 e. The second-order valence-corrected chi connectivity index (χ2v) is 6.25. The Morgan fingerprint density at radius 3 is 2.56 bits per heavy atom.